The van der Waals surface area contributed by atoms with Crippen LogP contribution in [0.4, 0.5) is 11.5 Å². The molecule has 1 N–H and O–H groups in total. The molecule has 1 aromatic rings. The van der Waals surface area contributed by atoms with Crippen molar-refractivity contribution < 1.29 is 0 Å². The molecular formula is C16H26N4. The standard InChI is InChI=1S/C16H26N4/c1-17-16-13-15(5-8-18-16)20-11-6-14(7-12-20)19-9-3-2-4-10-19/h5,8,13-14H,2-4,6-7,9-12H2,1H3,(H,17,18). The summed E-state index contributed by atoms with van der Waals surface area (Å²) in [6.45, 7) is 5.00. The summed E-state index contributed by atoms with van der Waals surface area (Å²) in [7, 11) is 1.93. The lowest BCUT2D eigenvalue weighted by atomic mass is 9.99. The van der Waals surface area contributed by atoms with Crippen LogP contribution < -0.4 is 10.2 Å². The second-order valence-electron chi connectivity index (χ2n) is 5.96. The van der Waals surface area contributed by atoms with Crippen molar-refractivity contribution >= 4 is 11.5 Å². The Morgan fingerprint density at radius 1 is 1.10 bits per heavy atom. The van der Waals surface area contributed by atoms with E-state index in [1.165, 1.54) is 64.0 Å². The van der Waals surface area contributed by atoms with Gasteiger partial charge in [0.2, 0.25) is 0 Å². The first-order valence-corrected chi connectivity index (χ1v) is 7.99. The zero-order valence-corrected chi connectivity index (χ0v) is 12.5. The highest BCUT2D eigenvalue weighted by molar-refractivity contribution is 5.53. The van der Waals surface area contributed by atoms with Gasteiger partial charge in [0.25, 0.3) is 0 Å². The van der Waals surface area contributed by atoms with E-state index in [4.69, 9.17) is 0 Å². The van der Waals surface area contributed by atoms with Gasteiger partial charge < -0.3 is 15.1 Å². The molecular weight excluding hydrogens is 248 g/mol. The lowest BCUT2D eigenvalue weighted by molar-refractivity contribution is 0.141. The van der Waals surface area contributed by atoms with Crippen LogP contribution in [0.3, 0.4) is 0 Å². The summed E-state index contributed by atoms with van der Waals surface area (Å²) in [6.07, 6.45) is 8.73. The molecule has 2 saturated heterocycles. The Labute approximate surface area is 122 Å². The molecule has 0 unspecified atom stereocenters. The number of nitrogens with one attached hydrogen (secondary N) is 1. The molecule has 3 rings (SSSR count). The van der Waals surface area contributed by atoms with Crippen molar-refractivity contribution in [2.75, 3.05) is 43.4 Å². The SMILES string of the molecule is CNc1cc(N2CCC(N3CCCCC3)CC2)ccn1. The van der Waals surface area contributed by atoms with Gasteiger partial charge in [-0.25, -0.2) is 4.98 Å². The third-order valence-corrected chi connectivity index (χ3v) is 4.74. The van der Waals surface area contributed by atoms with Gasteiger partial charge in [-0.05, 0) is 44.8 Å². The van der Waals surface area contributed by atoms with Gasteiger partial charge in [0.15, 0.2) is 0 Å². The van der Waals surface area contributed by atoms with E-state index in [1.54, 1.807) is 0 Å². The highest BCUT2D eigenvalue weighted by atomic mass is 15.2. The largest absolute Gasteiger partial charge is 0.373 e. The van der Waals surface area contributed by atoms with Gasteiger partial charge in [-0.15, -0.1) is 0 Å². The van der Waals surface area contributed by atoms with Crippen LogP contribution in [0.1, 0.15) is 32.1 Å². The van der Waals surface area contributed by atoms with Gasteiger partial charge in [-0.2, -0.15) is 0 Å². The lowest BCUT2D eigenvalue weighted by Crippen LogP contribution is -2.46. The third kappa shape index (κ3) is 3.06. The van der Waals surface area contributed by atoms with Gasteiger partial charge >= 0.3 is 0 Å². The van der Waals surface area contributed by atoms with Gasteiger partial charge in [0.05, 0.1) is 0 Å². The third-order valence-electron chi connectivity index (χ3n) is 4.74. The predicted molar refractivity (Wildman–Crippen MR) is 84.4 cm³/mol. The molecule has 3 heterocycles. The Balaban J connectivity index is 1.57. The summed E-state index contributed by atoms with van der Waals surface area (Å²) in [5.74, 6) is 0.959. The molecule has 4 heteroatoms. The molecule has 0 spiro atoms. The summed E-state index contributed by atoms with van der Waals surface area (Å²) in [4.78, 5) is 9.53. The fourth-order valence-corrected chi connectivity index (χ4v) is 3.53. The van der Waals surface area contributed by atoms with E-state index in [0.717, 1.165) is 11.9 Å². The normalized spacial score (nSPS) is 21.9. The van der Waals surface area contributed by atoms with Crippen LogP contribution in [-0.2, 0) is 0 Å². The number of anilines is 2. The Kier molecular flexibility index (Phi) is 4.41. The monoisotopic (exact) mass is 274 g/mol. The van der Waals surface area contributed by atoms with Crippen molar-refractivity contribution in [3.63, 3.8) is 0 Å². The summed E-state index contributed by atoms with van der Waals surface area (Å²) >= 11 is 0. The topological polar surface area (TPSA) is 31.4 Å². The molecule has 0 aromatic carbocycles. The van der Waals surface area contributed by atoms with Gasteiger partial charge in [-0.3, -0.25) is 0 Å². The van der Waals surface area contributed by atoms with Gasteiger partial charge in [-0.1, -0.05) is 6.42 Å². The summed E-state index contributed by atoms with van der Waals surface area (Å²) in [5.41, 5.74) is 1.31. The summed E-state index contributed by atoms with van der Waals surface area (Å²) < 4.78 is 0. The molecule has 20 heavy (non-hydrogen) atoms. The minimum absolute atomic E-state index is 0.817. The first-order valence-electron chi connectivity index (χ1n) is 7.99. The van der Waals surface area contributed by atoms with E-state index in [0.29, 0.717) is 0 Å². The van der Waals surface area contributed by atoms with E-state index in [1.807, 2.05) is 13.2 Å². The van der Waals surface area contributed by atoms with Crippen molar-refractivity contribution in [3.8, 4) is 0 Å². The van der Waals surface area contributed by atoms with E-state index in [9.17, 15) is 0 Å². The summed E-state index contributed by atoms with van der Waals surface area (Å²) in [6, 6.07) is 5.10. The molecule has 0 saturated carbocycles. The van der Waals surface area contributed by atoms with Crippen LogP contribution in [0.5, 0.6) is 0 Å². The maximum Gasteiger partial charge on any atom is 0.127 e. The Morgan fingerprint density at radius 3 is 2.55 bits per heavy atom. The molecule has 2 aliphatic heterocycles. The van der Waals surface area contributed by atoms with Crippen molar-refractivity contribution in [1.82, 2.24) is 9.88 Å². The minimum Gasteiger partial charge on any atom is -0.373 e. The number of hydrogen-bond acceptors (Lipinski definition) is 4. The molecule has 0 amide bonds. The van der Waals surface area contributed by atoms with Crippen LogP contribution in [0.25, 0.3) is 0 Å². The average molecular weight is 274 g/mol. The molecule has 1 aromatic heterocycles. The van der Waals surface area contributed by atoms with Gasteiger partial charge in [0, 0.05) is 44.1 Å². The van der Waals surface area contributed by atoms with Crippen LogP contribution in [0.15, 0.2) is 18.3 Å². The van der Waals surface area contributed by atoms with Crippen LogP contribution in [0, 0.1) is 0 Å². The molecule has 0 radical (unpaired) electrons. The highest BCUT2D eigenvalue weighted by Gasteiger charge is 2.25. The average Bonchev–Trinajstić information content (AvgIpc) is 2.56. The number of rotatable bonds is 3. The number of hydrogen-bond donors (Lipinski definition) is 1. The van der Waals surface area contributed by atoms with E-state index < -0.39 is 0 Å². The number of pyridine rings is 1. The molecule has 0 aliphatic carbocycles. The first kappa shape index (κ1) is 13.7. The van der Waals surface area contributed by atoms with Gasteiger partial charge in [0.1, 0.15) is 5.82 Å². The molecule has 0 bridgehead atoms. The fraction of sp³-hybridized carbons (Fsp3) is 0.688. The molecule has 2 fully saturated rings. The molecule has 110 valence electrons. The minimum atomic E-state index is 0.817. The number of piperidine rings is 2. The predicted octanol–water partition coefficient (Wildman–Crippen LogP) is 2.58. The fourth-order valence-electron chi connectivity index (χ4n) is 3.53. The van der Waals surface area contributed by atoms with E-state index in [-0.39, 0.29) is 0 Å². The van der Waals surface area contributed by atoms with Crippen molar-refractivity contribution in [2.45, 2.75) is 38.1 Å². The quantitative estimate of drug-likeness (QED) is 0.918. The number of likely N-dealkylation sites (tertiary alicyclic amines) is 1. The van der Waals surface area contributed by atoms with E-state index in [2.05, 4.69) is 32.2 Å². The highest BCUT2D eigenvalue weighted by Crippen LogP contribution is 2.25. The summed E-state index contributed by atoms with van der Waals surface area (Å²) in [5, 5.41) is 3.12. The Hall–Kier alpha value is -1.29. The van der Waals surface area contributed by atoms with Crippen LogP contribution in [-0.4, -0.2) is 49.2 Å². The zero-order valence-electron chi connectivity index (χ0n) is 12.5. The number of aromatic nitrogens is 1. The van der Waals surface area contributed by atoms with Crippen molar-refractivity contribution in [2.24, 2.45) is 0 Å². The van der Waals surface area contributed by atoms with E-state index >= 15 is 0 Å². The maximum absolute atomic E-state index is 4.30. The molecule has 4 nitrogen and oxygen atoms in total. The second kappa shape index (κ2) is 6.44. The Morgan fingerprint density at radius 2 is 1.85 bits per heavy atom. The zero-order chi connectivity index (χ0) is 13.8. The smallest absolute Gasteiger partial charge is 0.127 e. The lowest BCUT2D eigenvalue weighted by Gasteiger charge is -2.41. The first-order chi connectivity index (χ1) is 9.86. The second-order valence-corrected chi connectivity index (χ2v) is 5.96. The van der Waals surface area contributed by atoms with Crippen molar-refractivity contribution in [3.05, 3.63) is 18.3 Å². The molecule has 2 aliphatic rings. The Bertz CT molecular complexity index is 420. The van der Waals surface area contributed by atoms with Crippen molar-refractivity contribution in [1.29, 1.82) is 0 Å². The van der Waals surface area contributed by atoms with Crippen LogP contribution in [0.2, 0.25) is 0 Å². The maximum atomic E-state index is 4.30. The van der Waals surface area contributed by atoms with Crippen LogP contribution >= 0.6 is 0 Å². The molecule has 0 atom stereocenters. The number of nitrogens with zero attached hydrogens (tertiary/aromatic N) is 3.